The van der Waals surface area contributed by atoms with Crippen molar-refractivity contribution >= 4 is 45.0 Å². The number of para-hydroxylation sites is 2. The topological polar surface area (TPSA) is 93.7 Å². The Morgan fingerprint density at radius 2 is 1.85 bits per heavy atom. The standard InChI is InChI=1S/C18H17ClN2O5S/c1-27(23,24)21-15-5-3-2-4-14(15)20-17(22)7-6-12-10-13(19)18-16(11-12)25-8-9-26-18/h2-7,10-11,21H,8-9H2,1H3,(H,20,22). The molecule has 1 heterocycles. The minimum Gasteiger partial charge on any atom is -0.486 e. The predicted molar refractivity (Wildman–Crippen MR) is 105 cm³/mol. The van der Waals surface area contributed by atoms with Crippen molar-refractivity contribution in [1.82, 2.24) is 0 Å². The number of anilines is 2. The van der Waals surface area contributed by atoms with Crippen molar-refractivity contribution in [2.24, 2.45) is 0 Å². The molecule has 3 rings (SSSR count). The molecule has 0 bridgehead atoms. The molecule has 9 heteroatoms. The fraction of sp³-hybridized carbons (Fsp3) is 0.167. The molecule has 1 amide bonds. The number of hydrogen-bond acceptors (Lipinski definition) is 5. The third-order valence-corrected chi connectivity index (χ3v) is 4.40. The number of nitrogens with one attached hydrogen (secondary N) is 2. The lowest BCUT2D eigenvalue weighted by Gasteiger charge is -2.19. The molecule has 2 aromatic carbocycles. The Kier molecular flexibility index (Phi) is 5.57. The molecule has 0 saturated carbocycles. The molecule has 0 fully saturated rings. The number of hydrogen-bond donors (Lipinski definition) is 2. The maximum Gasteiger partial charge on any atom is 0.248 e. The first-order valence-electron chi connectivity index (χ1n) is 7.97. The molecular weight excluding hydrogens is 392 g/mol. The summed E-state index contributed by atoms with van der Waals surface area (Å²) >= 11 is 6.17. The summed E-state index contributed by atoms with van der Waals surface area (Å²) in [5, 5.41) is 3.04. The highest BCUT2D eigenvalue weighted by molar-refractivity contribution is 7.92. The van der Waals surface area contributed by atoms with E-state index in [9.17, 15) is 13.2 Å². The van der Waals surface area contributed by atoms with Crippen molar-refractivity contribution in [1.29, 1.82) is 0 Å². The van der Waals surface area contributed by atoms with E-state index in [0.29, 0.717) is 41.0 Å². The molecule has 0 unspecified atom stereocenters. The fourth-order valence-electron chi connectivity index (χ4n) is 2.45. The molecule has 0 radical (unpaired) electrons. The average molecular weight is 409 g/mol. The second kappa shape index (κ2) is 7.89. The maximum absolute atomic E-state index is 12.2. The van der Waals surface area contributed by atoms with Gasteiger partial charge in [-0.05, 0) is 35.9 Å². The van der Waals surface area contributed by atoms with Gasteiger partial charge in [0.05, 0.1) is 22.7 Å². The van der Waals surface area contributed by atoms with E-state index < -0.39 is 15.9 Å². The van der Waals surface area contributed by atoms with E-state index in [-0.39, 0.29) is 5.69 Å². The predicted octanol–water partition coefficient (Wildman–Crippen LogP) is 3.13. The second-order valence-corrected chi connectivity index (χ2v) is 7.92. The smallest absolute Gasteiger partial charge is 0.248 e. The molecular formula is C18H17ClN2O5S. The largest absolute Gasteiger partial charge is 0.486 e. The Hall–Kier alpha value is -2.71. The highest BCUT2D eigenvalue weighted by Crippen LogP contribution is 2.38. The van der Waals surface area contributed by atoms with Gasteiger partial charge in [0, 0.05) is 6.08 Å². The van der Waals surface area contributed by atoms with E-state index in [1.165, 1.54) is 6.08 Å². The molecule has 0 atom stereocenters. The quantitative estimate of drug-likeness (QED) is 0.741. The molecule has 27 heavy (non-hydrogen) atoms. The monoisotopic (exact) mass is 408 g/mol. The molecule has 1 aliphatic rings. The van der Waals surface area contributed by atoms with Gasteiger partial charge < -0.3 is 14.8 Å². The van der Waals surface area contributed by atoms with Crippen molar-refractivity contribution in [3.8, 4) is 11.5 Å². The van der Waals surface area contributed by atoms with Crippen molar-refractivity contribution < 1.29 is 22.7 Å². The van der Waals surface area contributed by atoms with E-state index >= 15 is 0 Å². The van der Waals surface area contributed by atoms with Gasteiger partial charge in [0.25, 0.3) is 0 Å². The van der Waals surface area contributed by atoms with Crippen LogP contribution in [0.2, 0.25) is 5.02 Å². The van der Waals surface area contributed by atoms with Crippen LogP contribution in [0.3, 0.4) is 0 Å². The van der Waals surface area contributed by atoms with E-state index in [4.69, 9.17) is 21.1 Å². The summed E-state index contributed by atoms with van der Waals surface area (Å²) in [6, 6.07) is 9.89. The lowest BCUT2D eigenvalue weighted by atomic mass is 10.1. The molecule has 0 aromatic heterocycles. The third-order valence-electron chi connectivity index (χ3n) is 3.53. The van der Waals surface area contributed by atoms with Crippen LogP contribution in [-0.4, -0.2) is 33.8 Å². The van der Waals surface area contributed by atoms with Gasteiger partial charge in [0.2, 0.25) is 15.9 Å². The number of amides is 1. The highest BCUT2D eigenvalue weighted by Gasteiger charge is 2.16. The van der Waals surface area contributed by atoms with Gasteiger partial charge in [-0.15, -0.1) is 0 Å². The first-order chi connectivity index (χ1) is 12.8. The number of sulfonamides is 1. The molecule has 0 saturated heterocycles. The lowest BCUT2D eigenvalue weighted by molar-refractivity contribution is -0.111. The number of fused-ring (bicyclic) bond motifs is 1. The number of carbonyl (C=O) groups is 1. The van der Waals surface area contributed by atoms with Gasteiger partial charge in [-0.2, -0.15) is 0 Å². The Labute approximate surface area is 162 Å². The van der Waals surface area contributed by atoms with Crippen LogP contribution in [0.25, 0.3) is 6.08 Å². The third kappa shape index (κ3) is 5.15. The summed E-state index contributed by atoms with van der Waals surface area (Å²) in [6.07, 6.45) is 3.93. The Morgan fingerprint density at radius 3 is 2.59 bits per heavy atom. The van der Waals surface area contributed by atoms with E-state index in [2.05, 4.69) is 10.0 Å². The van der Waals surface area contributed by atoms with Gasteiger partial charge >= 0.3 is 0 Å². The van der Waals surface area contributed by atoms with Crippen molar-refractivity contribution in [2.75, 3.05) is 29.5 Å². The molecule has 2 aromatic rings. The lowest BCUT2D eigenvalue weighted by Crippen LogP contribution is -2.15. The second-order valence-electron chi connectivity index (χ2n) is 5.77. The molecule has 0 spiro atoms. The first kappa shape index (κ1) is 19.1. The summed E-state index contributed by atoms with van der Waals surface area (Å²) < 4.78 is 36.2. The van der Waals surface area contributed by atoms with Crippen LogP contribution in [0, 0.1) is 0 Å². The van der Waals surface area contributed by atoms with Gasteiger partial charge in [0.1, 0.15) is 13.2 Å². The van der Waals surface area contributed by atoms with Crippen LogP contribution in [-0.2, 0) is 14.8 Å². The molecule has 0 aliphatic carbocycles. The fourth-order valence-corrected chi connectivity index (χ4v) is 3.31. The summed E-state index contributed by atoms with van der Waals surface area (Å²) in [5.41, 5.74) is 1.30. The molecule has 2 N–H and O–H groups in total. The zero-order valence-electron chi connectivity index (χ0n) is 14.4. The average Bonchev–Trinajstić information content (AvgIpc) is 2.60. The number of carbonyl (C=O) groups excluding carboxylic acids is 1. The SMILES string of the molecule is CS(=O)(=O)Nc1ccccc1NC(=O)C=Cc1cc(Cl)c2c(c1)OCCO2. The van der Waals surface area contributed by atoms with Crippen molar-refractivity contribution in [2.45, 2.75) is 0 Å². The van der Waals surface area contributed by atoms with E-state index in [0.717, 1.165) is 6.26 Å². The zero-order chi connectivity index (χ0) is 19.4. The first-order valence-corrected chi connectivity index (χ1v) is 10.2. The van der Waals surface area contributed by atoms with Crippen LogP contribution in [0.5, 0.6) is 11.5 Å². The number of benzene rings is 2. The number of ether oxygens (including phenoxy) is 2. The number of halogens is 1. The minimum absolute atomic E-state index is 0.282. The van der Waals surface area contributed by atoms with E-state index in [1.54, 1.807) is 42.5 Å². The molecule has 1 aliphatic heterocycles. The Morgan fingerprint density at radius 1 is 1.15 bits per heavy atom. The summed E-state index contributed by atoms with van der Waals surface area (Å²) in [6.45, 7) is 0.867. The Bertz CT molecular complexity index is 1000. The minimum atomic E-state index is -3.46. The van der Waals surface area contributed by atoms with Crippen LogP contribution < -0.4 is 19.5 Å². The van der Waals surface area contributed by atoms with Crippen molar-refractivity contribution in [3.63, 3.8) is 0 Å². The highest BCUT2D eigenvalue weighted by atomic mass is 35.5. The van der Waals surface area contributed by atoms with Crippen LogP contribution >= 0.6 is 11.6 Å². The summed E-state index contributed by atoms with van der Waals surface area (Å²) in [7, 11) is -3.46. The Balaban J connectivity index is 1.74. The molecule has 142 valence electrons. The van der Waals surface area contributed by atoms with Gasteiger partial charge in [-0.1, -0.05) is 23.7 Å². The van der Waals surface area contributed by atoms with Crippen LogP contribution in [0.1, 0.15) is 5.56 Å². The van der Waals surface area contributed by atoms with E-state index in [1.807, 2.05) is 0 Å². The normalized spacial score (nSPS) is 13.4. The van der Waals surface area contributed by atoms with Crippen LogP contribution in [0.4, 0.5) is 11.4 Å². The molecule has 7 nitrogen and oxygen atoms in total. The van der Waals surface area contributed by atoms with Gasteiger partial charge in [0.15, 0.2) is 11.5 Å². The van der Waals surface area contributed by atoms with Gasteiger partial charge in [-0.25, -0.2) is 8.42 Å². The number of rotatable bonds is 5. The maximum atomic E-state index is 12.2. The van der Waals surface area contributed by atoms with Crippen LogP contribution in [0.15, 0.2) is 42.5 Å². The van der Waals surface area contributed by atoms with Crippen molar-refractivity contribution in [3.05, 3.63) is 53.1 Å². The zero-order valence-corrected chi connectivity index (χ0v) is 15.9. The summed E-state index contributed by atoms with van der Waals surface area (Å²) in [5.74, 6) is 0.588. The summed E-state index contributed by atoms with van der Waals surface area (Å²) in [4.78, 5) is 12.2. The van der Waals surface area contributed by atoms with Gasteiger partial charge in [-0.3, -0.25) is 9.52 Å².